The lowest BCUT2D eigenvalue weighted by atomic mass is 10.0. The normalized spacial score (nSPS) is 15.8. The molecule has 3 heterocycles. The summed E-state index contributed by atoms with van der Waals surface area (Å²) in [7, 11) is 3.28. The molecule has 0 aliphatic carbocycles. The summed E-state index contributed by atoms with van der Waals surface area (Å²) >= 11 is 0. The Morgan fingerprint density at radius 2 is 1.83 bits per heavy atom. The minimum atomic E-state index is -0.393. The number of tetrazole rings is 1. The van der Waals surface area contributed by atoms with E-state index in [9.17, 15) is 4.79 Å². The van der Waals surface area contributed by atoms with E-state index in [1.165, 1.54) is 5.56 Å². The number of aromatic amines is 1. The molecule has 1 saturated heterocycles. The zero-order valence-electron chi connectivity index (χ0n) is 20.6. The molecule has 0 amide bonds. The quantitative estimate of drug-likeness (QED) is 0.381. The van der Waals surface area contributed by atoms with Crippen LogP contribution < -0.4 is 10.3 Å². The number of rotatable bonds is 9. The number of aromatic nitrogens is 5. The third-order valence-corrected chi connectivity index (χ3v) is 6.71. The minimum Gasteiger partial charge on any atom is -0.497 e. The average molecular weight is 490 g/mol. The van der Waals surface area contributed by atoms with Crippen molar-refractivity contribution in [1.82, 2.24) is 35.0 Å². The second-order valence-corrected chi connectivity index (χ2v) is 8.96. The zero-order valence-corrected chi connectivity index (χ0v) is 20.6. The number of hydrogen-bond acceptors (Lipinski definition) is 8. The molecule has 1 N–H and O–H groups in total. The molecule has 36 heavy (non-hydrogen) atoms. The number of fused-ring (bicyclic) bond motifs is 1. The molecule has 0 spiro atoms. The first-order chi connectivity index (χ1) is 17.7. The van der Waals surface area contributed by atoms with E-state index in [1.54, 1.807) is 18.9 Å². The van der Waals surface area contributed by atoms with Crippen molar-refractivity contribution in [2.24, 2.45) is 0 Å². The van der Waals surface area contributed by atoms with Gasteiger partial charge in [-0.2, -0.15) is 0 Å². The van der Waals surface area contributed by atoms with Crippen LogP contribution in [0, 0.1) is 0 Å². The first-order valence-corrected chi connectivity index (χ1v) is 12.1. The summed E-state index contributed by atoms with van der Waals surface area (Å²) in [5.74, 6) is 1.37. The van der Waals surface area contributed by atoms with Crippen molar-refractivity contribution < 1.29 is 9.47 Å². The molecule has 4 aromatic rings. The van der Waals surface area contributed by atoms with Gasteiger partial charge in [-0.05, 0) is 40.3 Å². The highest BCUT2D eigenvalue weighted by Gasteiger charge is 2.32. The molecule has 188 valence electrons. The molecule has 10 heteroatoms. The monoisotopic (exact) mass is 489 g/mol. The van der Waals surface area contributed by atoms with Gasteiger partial charge in [0.25, 0.3) is 5.56 Å². The molecule has 0 saturated carbocycles. The van der Waals surface area contributed by atoms with Gasteiger partial charge in [-0.1, -0.05) is 30.3 Å². The van der Waals surface area contributed by atoms with Gasteiger partial charge < -0.3 is 14.5 Å². The average Bonchev–Trinajstić information content (AvgIpc) is 3.37. The molecule has 1 aliphatic heterocycles. The van der Waals surface area contributed by atoms with Crippen LogP contribution in [0.25, 0.3) is 10.9 Å². The molecule has 0 bridgehead atoms. The lowest BCUT2D eigenvalue weighted by Gasteiger charge is -2.38. The number of nitrogens with one attached hydrogen (secondary N) is 1. The van der Waals surface area contributed by atoms with Crippen LogP contribution in [0.4, 0.5) is 0 Å². The van der Waals surface area contributed by atoms with Crippen LogP contribution in [0.3, 0.4) is 0 Å². The van der Waals surface area contributed by atoms with Crippen LogP contribution in [0.2, 0.25) is 0 Å². The number of H-pyrrole nitrogens is 1. The molecular formula is C26H31N7O3. The van der Waals surface area contributed by atoms with Crippen LogP contribution in [0.1, 0.15) is 23.0 Å². The fourth-order valence-corrected chi connectivity index (χ4v) is 4.80. The van der Waals surface area contributed by atoms with Crippen LogP contribution in [-0.2, 0) is 17.8 Å². The summed E-state index contributed by atoms with van der Waals surface area (Å²) in [5, 5.41) is 13.4. The van der Waals surface area contributed by atoms with Crippen molar-refractivity contribution >= 4 is 10.9 Å². The van der Waals surface area contributed by atoms with E-state index in [0.29, 0.717) is 24.5 Å². The molecule has 2 aromatic heterocycles. The van der Waals surface area contributed by atoms with Crippen LogP contribution in [0.5, 0.6) is 5.75 Å². The van der Waals surface area contributed by atoms with Gasteiger partial charge in [0.1, 0.15) is 11.8 Å². The molecule has 10 nitrogen and oxygen atoms in total. The van der Waals surface area contributed by atoms with E-state index >= 15 is 0 Å². The van der Waals surface area contributed by atoms with Gasteiger partial charge in [0, 0.05) is 56.3 Å². The fraction of sp³-hybridized carbons (Fsp3) is 0.385. The van der Waals surface area contributed by atoms with Crippen LogP contribution in [0.15, 0.2) is 59.4 Å². The maximum Gasteiger partial charge on any atom is 0.253 e. The molecule has 0 radical (unpaired) electrons. The summed E-state index contributed by atoms with van der Waals surface area (Å²) in [6.45, 7) is 5.20. The number of nitrogens with zero attached hydrogens (tertiary/aromatic N) is 6. The highest BCUT2D eigenvalue weighted by Crippen LogP contribution is 2.29. The van der Waals surface area contributed by atoms with Gasteiger partial charge in [0.2, 0.25) is 0 Å². The second-order valence-electron chi connectivity index (χ2n) is 8.96. The number of ether oxygens (including phenoxy) is 2. The Bertz CT molecular complexity index is 1350. The van der Waals surface area contributed by atoms with Gasteiger partial charge in [-0.25, -0.2) is 4.68 Å². The predicted molar refractivity (Wildman–Crippen MR) is 136 cm³/mol. The maximum absolute atomic E-state index is 13.4. The van der Waals surface area contributed by atoms with E-state index in [4.69, 9.17) is 9.47 Å². The van der Waals surface area contributed by atoms with Crippen molar-refractivity contribution in [3.05, 3.63) is 81.9 Å². The largest absolute Gasteiger partial charge is 0.497 e. The second kappa shape index (κ2) is 11.0. The van der Waals surface area contributed by atoms with Crippen LogP contribution >= 0.6 is 0 Å². The lowest BCUT2D eigenvalue weighted by Crippen LogP contribution is -2.48. The van der Waals surface area contributed by atoms with E-state index in [-0.39, 0.29) is 5.56 Å². The molecule has 5 rings (SSSR count). The lowest BCUT2D eigenvalue weighted by molar-refractivity contribution is 0.0984. The van der Waals surface area contributed by atoms with E-state index < -0.39 is 6.04 Å². The summed E-state index contributed by atoms with van der Waals surface area (Å²) in [4.78, 5) is 21.2. The minimum absolute atomic E-state index is 0.148. The topological polar surface area (TPSA) is 101 Å². The SMILES string of the molecule is COCCn1nnnc1[C@H](c1cc2cc(OC)ccc2[nH]c1=O)N1CCN(Cc2ccccc2)CC1. The Morgan fingerprint density at radius 3 is 2.58 bits per heavy atom. The highest BCUT2D eigenvalue weighted by molar-refractivity contribution is 5.80. The van der Waals surface area contributed by atoms with Gasteiger partial charge in [0.05, 0.1) is 20.3 Å². The summed E-state index contributed by atoms with van der Waals surface area (Å²) in [6, 6.07) is 17.7. The molecular weight excluding hydrogens is 458 g/mol. The van der Waals surface area contributed by atoms with Crippen molar-refractivity contribution in [3.63, 3.8) is 0 Å². The van der Waals surface area contributed by atoms with Crippen LogP contribution in [-0.4, -0.2) is 82.0 Å². The van der Waals surface area contributed by atoms with Gasteiger partial charge in [-0.3, -0.25) is 14.6 Å². The predicted octanol–water partition coefficient (Wildman–Crippen LogP) is 2.08. The number of benzene rings is 2. The molecule has 2 aromatic carbocycles. The first-order valence-electron chi connectivity index (χ1n) is 12.1. The summed E-state index contributed by atoms with van der Waals surface area (Å²) < 4.78 is 12.4. The fourth-order valence-electron chi connectivity index (χ4n) is 4.80. The first kappa shape index (κ1) is 24.1. The van der Waals surface area contributed by atoms with Gasteiger partial charge in [-0.15, -0.1) is 5.10 Å². The van der Waals surface area contributed by atoms with Crippen molar-refractivity contribution in [2.45, 2.75) is 19.1 Å². The Hall–Kier alpha value is -3.60. The number of piperazine rings is 1. The number of methoxy groups -OCH3 is 2. The molecule has 0 unspecified atom stereocenters. The molecule has 1 fully saturated rings. The highest BCUT2D eigenvalue weighted by atomic mass is 16.5. The standard InChI is InChI=1S/C26H31N7O3/c1-35-15-14-33-25(28-29-30-33)24(22-17-20-16-21(36-2)8-9-23(20)27-26(22)34)32-12-10-31(11-13-32)18-19-6-4-3-5-7-19/h3-9,16-17,24H,10-15,18H2,1-2H3,(H,27,34)/t24-/m0/s1. The number of hydrogen-bond donors (Lipinski definition) is 1. The maximum atomic E-state index is 13.4. The van der Waals surface area contributed by atoms with E-state index in [2.05, 4.69) is 54.6 Å². The van der Waals surface area contributed by atoms with Gasteiger partial charge >= 0.3 is 0 Å². The third kappa shape index (κ3) is 5.15. The van der Waals surface area contributed by atoms with Crippen molar-refractivity contribution in [3.8, 4) is 5.75 Å². The Balaban J connectivity index is 1.48. The van der Waals surface area contributed by atoms with Crippen molar-refractivity contribution in [2.75, 3.05) is 47.0 Å². The Kier molecular flexibility index (Phi) is 7.36. The summed E-state index contributed by atoms with van der Waals surface area (Å²) in [5.41, 5.74) is 2.52. The van der Waals surface area contributed by atoms with E-state index in [0.717, 1.165) is 49.4 Å². The molecule has 1 aliphatic rings. The Morgan fingerprint density at radius 1 is 1.03 bits per heavy atom. The van der Waals surface area contributed by atoms with Gasteiger partial charge in [0.15, 0.2) is 5.82 Å². The third-order valence-electron chi connectivity index (χ3n) is 6.71. The smallest absolute Gasteiger partial charge is 0.253 e. The number of pyridine rings is 1. The summed E-state index contributed by atoms with van der Waals surface area (Å²) in [6.07, 6.45) is 0. The van der Waals surface area contributed by atoms with E-state index in [1.807, 2.05) is 30.3 Å². The molecule has 1 atom stereocenters. The Labute approximate surface area is 209 Å². The zero-order chi connectivity index (χ0) is 24.9. The van der Waals surface area contributed by atoms with Crippen molar-refractivity contribution in [1.29, 1.82) is 0 Å².